The zero-order valence-corrected chi connectivity index (χ0v) is 18.7. The van der Waals surface area contributed by atoms with Crippen molar-refractivity contribution in [2.75, 3.05) is 11.4 Å². The van der Waals surface area contributed by atoms with E-state index >= 15 is 0 Å². The predicted octanol–water partition coefficient (Wildman–Crippen LogP) is 5.58. The van der Waals surface area contributed by atoms with Gasteiger partial charge in [0.25, 0.3) is 0 Å². The molecule has 2 fully saturated rings. The fraction of sp³-hybridized carbons (Fsp3) is 0.440. The first-order valence-corrected chi connectivity index (χ1v) is 11.3. The smallest absolute Gasteiger partial charge is 0.227 e. The summed E-state index contributed by atoms with van der Waals surface area (Å²) in [6, 6.07) is 11.9. The number of amides is 2. The van der Waals surface area contributed by atoms with Gasteiger partial charge in [-0.2, -0.15) is 0 Å². The molecular formula is C25H28ClFN2O2. The second-order valence-electron chi connectivity index (χ2n) is 9.14. The molecule has 1 heterocycles. The number of carbonyl (C=O) groups excluding carboxylic acids is 2. The normalized spacial score (nSPS) is 21.4. The van der Waals surface area contributed by atoms with E-state index in [0.29, 0.717) is 17.1 Å². The molecule has 2 aromatic rings. The number of anilines is 1. The molecule has 1 saturated carbocycles. The van der Waals surface area contributed by atoms with Crippen molar-refractivity contribution in [2.24, 2.45) is 11.3 Å². The molecule has 0 bridgehead atoms. The average molecular weight is 443 g/mol. The van der Waals surface area contributed by atoms with Crippen LogP contribution in [0.3, 0.4) is 0 Å². The molecule has 1 aliphatic carbocycles. The lowest BCUT2D eigenvalue weighted by atomic mass is 9.76. The van der Waals surface area contributed by atoms with Crippen molar-refractivity contribution >= 4 is 29.1 Å². The topological polar surface area (TPSA) is 49.4 Å². The Morgan fingerprint density at radius 1 is 1.19 bits per heavy atom. The molecule has 31 heavy (non-hydrogen) atoms. The third-order valence-electron chi connectivity index (χ3n) is 6.90. The van der Waals surface area contributed by atoms with E-state index in [1.54, 1.807) is 11.0 Å². The first-order valence-electron chi connectivity index (χ1n) is 10.9. The molecule has 2 aliphatic rings. The number of aryl methyl sites for hydroxylation is 1. The zero-order chi connectivity index (χ0) is 22.2. The molecule has 0 aromatic heterocycles. The van der Waals surface area contributed by atoms with Crippen molar-refractivity contribution < 1.29 is 14.0 Å². The van der Waals surface area contributed by atoms with E-state index in [1.165, 1.54) is 6.07 Å². The third kappa shape index (κ3) is 4.20. The lowest BCUT2D eigenvalue weighted by Gasteiger charge is -2.36. The van der Waals surface area contributed by atoms with Crippen molar-refractivity contribution in [1.29, 1.82) is 0 Å². The van der Waals surface area contributed by atoms with Crippen LogP contribution in [-0.2, 0) is 9.59 Å². The summed E-state index contributed by atoms with van der Waals surface area (Å²) < 4.78 is 15.0. The van der Waals surface area contributed by atoms with Gasteiger partial charge in [-0.25, -0.2) is 4.39 Å². The van der Waals surface area contributed by atoms with E-state index in [2.05, 4.69) is 12.2 Å². The zero-order valence-electron chi connectivity index (χ0n) is 18.0. The quantitative estimate of drug-likeness (QED) is 0.657. The van der Waals surface area contributed by atoms with Crippen molar-refractivity contribution in [3.05, 3.63) is 64.4 Å². The highest BCUT2D eigenvalue weighted by atomic mass is 35.5. The number of nitrogens with one attached hydrogen (secondary N) is 1. The second-order valence-corrected chi connectivity index (χ2v) is 9.51. The molecule has 2 atom stereocenters. The molecule has 1 N–H and O–H groups in total. The van der Waals surface area contributed by atoms with Gasteiger partial charge in [0.05, 0.1) is 17.0 Å². The van der Waals surface area contributed by atoms with Crippen LogP contribution in [0.25, 0.3) is 0 Å². The Hall–Kier alpha value is -2.40. The van der Waals surface area contributed by atoms with Gasteiger partial charge in [0.1, 0.15) is 5.82 Å². The number of hydrogen-bond donors (Lipinski definition) is 1. The monoisotopic (exact) mass is 442 g/mol. The van der Waals surface area contributed by atoms with Crippen LogP contribution in [0.4, 0.5) is 10.1 Å². The molecule has 1 aliphatic heterocycles. The van der Waals surface area contributed by atoms with Gasteiger partial charge in [-0.05, 0) is 48.9 Å². The summed E-state index contributed by atoms with van der Waals surface area (Å²) >= 11 is 6.55. The van der Waals surface area contributed by atoms with Crippen molar-refractivity contribution in [2.45, 2.75) is 52.0 Å². The summed E-state index contributed by atoms with van der Waals surface area (Å²) in [5.74, 6) is -1.18. The minimum atomic E-state index is -0.532. The SMILES string of the molecule is Cc1ccc(F)c(C(NC(=O)C2CC(=O)N(c3ccccc3)C2)C2(C)CCCC2)c1Cl. The Labute approximate surface area is 187 Å². The van der Waals surface area contributed by atoms with E-state index in [4.69, 9.17) is 11.6 Å². The predicted molar refractivity (Wildman–Crippen MR) is 121 cm³/mol. The maximum absolute atomic E-state index is 15.0. The van der Waals surface area contributed by atoms with Gasteiger partial charge >= 0.3 is 0 Å². The van der Waals surface area contributed by atoms with Crippen LogP contribution in [-0.4, -0.2) is 18.4 Å². The lowest BCUT2D eigenvalue weighted by Crippen LogP contribution is -2.42. The number of para-hydroxylation sites is 1. The highest BCUT2D eigenvalue weighted by Gasteiger charge is 2.43. The number of benzene rings is 2. The first kappa shape index (κ1) is 21.8. The van der Waals surface area contributed by atoms with Crippen molar-refractivity contribution in [3.8, 4) is 0 Å². The molecule has 2 unspecified atom stereocenters. The number of carbonyl (C=O) groups is 2. The second kappa shape index (κ2) is 8.62. The van der Waals surface area contributed by atoms with Crippen LogP contribution in [0.2, 0.25) is 5.02 Å². The maximum atomic E-state index is 15.0. The van der Waals surface area contributed by atoms with Gasteiger partial charge < -0.3 is 10.2 Å². The van der Waals surface area contributed by atoms with Gasteiger partial charge in [0, 0.05) is 24.2 Å². The Bertz CT molecular complexity index is 989. The summed E-state index contributed by atoms with van der Waals surface area (Å²) in [6.07, 6.45) is 4.01. The summed E-state index contributed by atoms with van der Waals surface area (Å²) in [6.45, 7) is 4.26. The molecule has 4 rings (SSSR count). The summed E-state index contributed by atoms with van der Waals surface area (Å²) in [4.78, 5) is 27.5. The highest BCUT2D eigenvalue weighted by Crippen LogP contribution is 2.49. The molecule has 0 spiro atoms. The van der Waals surface area contributed by atoms with Crippen LogP contribution >= 0.6 is 11.6 Å². The molecule has 164 valence electrons. The molecule has 6 heteroatoms. The number of nitrogens with zero attached hydrogens (tertiary/aromatic N) is 1. The van der Waals surface area contributed by atoms with Gasteiger partial charge in [-0.1, -0.05) is 55.6 Å². The van der Waals surface area contributed by atoms with Crippen LogP contribution in [0.1, 0.15) is 56.2 Å². The van der Waals surface area contributed by atoms with Gasteiger partial charge in [-0.3, -0.25) is 9.59 Å². The lowest BCUT2D eigenvalue weighted by molar-refractivity contribution is -0.127. The van der Waals surface area contributed by atoms with Crippen LogP contribution in [0.15, 0.2) is 42.5 Å². The molecule has 1 saturated heterocycles. The highest BCUT2D eigenvalue weighted by molar-refractivity contribution is 6.32. The summed E-state index contributed by atoms with van der Waals surface area (Å²) in [5, 5.41) is 3.48. The van der Waals surface area contributed by atoms with E-state index in [-0.39, 0.29) is 23.7 Å². The molecular weight excluding hydrogens is 415 g/mol. The van der Waals surface area contributed by atoms with Crippen molar-refractivity contribution in [3.63, 3.8) is 0 Å². The number of halogens is 2. The Morgan fingerprint density at radius 3 is 2.55 bits per heavy atom. The number of rotatable bonds is 5. The van der Waals surface area contributed by atoms with Crippen LogP contribution < -0.4 is 10.2 Å². The van der Waals surface area contributed by atoms with E-state index in [0.717, 1.165) is 36.9 Å². The number of hydrogen-bond acceptors (Lipinski definition) is 2. The molecule has 2 amide bonds. The molecule has 4 nitrogen and oxygen atoms in total. The van der Waals surface area contributed by atoms with Crippen molar-refractivity contribution in [1.82, 2.24) is 5.32 Å². The fourth-order valence-electron chi connectivity index (χ4n) is 5.01. The fourth-order valence-corrected chi connectivity index (χ4v) is 5.27. The minimum absolute atomic E-state index is 0.0743. The Balaban J connectivity index is 1.60. The molecule has 0 radical (unpaired) electrons. The van der Waals surface area contributed by atoms with E-state index in [1.807, 2.05) is 37.3 Å². The van der Waals surface area contributed by atoms with Crippen LogP contribution in [0, 0.1) is 24.1 Å². The minimum Gasteiger partial charge on any atom is -0.348 e. The van der Waals surface area contributed by atoms with Crippen LogP contribution in [0.5, 0.6) is 0 Å². The standard InChI is InChI=1S/C25H28ClFN2O2/c1-16-10-11-19(27)21(22(16)26)23(25(2)12-6-7-13-25)28-24(31)17-14-20(30)29(15-17)18-8-4-3-5-9-18/h3-5,8-11,17,23H,6-7,12-15H2,1-2H3,(H,28,31). The van der Waals surface area contributed by atoms with Gasteiger partial charge in [0.15, 0.2) is 0 Å². The largest absolute Gasteiger partial charge is 0.348 e. The third-order valence-corrected chi connectivity index (χ3v) is 7.40. The molecule has 2 aromatic carbocycles. The average Bonchev–Trinajstić information content (AvgIpc) is 3.37. The Morgan fingerprint density at radius 2 is 1.87 bits per heavy atom. The van der Waals surface area contributed by atoms with Gasteiger partial charge in [0.2, 0.25) is 11.8 Å². The summed E-state index contributed by atoms with van der Waals surface area (Å²) in [7, 11) is 0. The summed E-state index contributed by atoms with van der Waals surface area (Å²) in [5.41, 5.74) is 1.65. The van der Waals surface area contributed by atoms with Gasteiger partial charge in [-0.15, -0.1) is 0 Å². The van der Waals surface area contributed by atoms with E-state index < -0.39 is 17.8 Å². The Kier molecular flexibility index (Phi) is 6.07. The first-order chi connectivity index (χ1) is 14.8. The maximum Gasteiger partial charge on any atom is 0.227 e. The van der Waals surface area contributed by atoms with E-state index in [9.17, 15) is 14.0 Å².